The zero-order valence-corrected chi connectivity index (χ0v) is 6.82. The van der Waals surface area contributed by atoms with E-state index in [1.54, 1.807) is 12.1 Å². The number of nitrogens with zero attached hydrogens (tertiary/aromatic N) is 1. The van der Waals surface area contributed by atoms with Crippen LogP contribution in [-0.2, 0) is 4.79 Å². The maximum atomic E-state index is 11.0. The Morgan fingerprint density at radius 2 is 2.00 bits per heavy atom. The van der Waals surface area contributed by atoms with E-state index in [2.05, 4.69) is 5.11 Å². The van der Waals surface area contributed by atoms with Gasteiger partial charge in [0.05, 0.1) is 0 Å². The topological polar surface area (TPSA) is 53.3 Å². The summed E-state index contributed by atoms with van der Waals surface area (Å²) in [5.41, 5.74) is 7.61. The van der Waals surface area contributed by atoms with Crippen molar-refractivity contribution in [1.29, 1.82) is 5.53 Å². The van der Waals surface area contributed by atoms with Gasteiger partial charge in [-0.05, 0) is 12.5 Å². The molecule has 0 spiro atoms. The van der Waals surface area contributed by atoms with Crippen molar-refractivity contribution in [1.82, 2.24) is 0 Å². The van der Waals surface area contributed by atoms with Crippen molar-refractivity contribution in [2.75, 3.05) is 0 Å². The number of benzene rings is 1. The van der Waals surface area contributed by atoms with Crippen molar-refractivity contribution in [3.63, 3.8) is 0 Å². The molecule has 0 bridgehead atoms. The van der Waals surface area contributed by atoms with Gasteiger partial charge >= 0.3 is 0 Å². The Morgan fingerprint density at radius 3 is 2.42 bits per heavy atom. The Morgan fingerprint density at radius 1 is 1.42 bits per heavy atom. The zero-order valence-electron chi connectivity index (χ0n) is 6.82. The van der Waals surface area contributed by atoms with Crippen LogP contribution >= 0.6 is 0 Å². The van der Waals surface area contributed by atoms with Crippen LogP contribution in [0.5, 0.6) is 0 Å². The molecule has 0 fully saturated rings. The lowest BCUT2D eigenvalue weighted by Crippen LogP contribution is -2.04. The van der Waals surface area contributed by atoms with E-state index in [1.807, 2.05) is 18.2 Å². The van der Waals surface area contributed by atoms with Crippen LogP contribution in [0.15, 0.2) is 35.4 Å². The lowest BCUT2D eigenvalue weighted by Gasteiger charge is -2.05. The SMILES string of the molecule is CC(=O)C(N=N)c1ccccc1. The van der Waals surface area contributed by atoms with Crippen LogP contribution in [-0.4, -0.2) is 5.78 Å². The molecular formula is C9H10N2O. The van der Waals surface area contributed by atoms with Crippen LogP contribution in [0.1, 0.15) is 18.5 Å². The summed E-state index contributed by atoms with van der Waals surface area (Å²) in [7, 11) is 0. The van der Waals surface area contributed by atoms with Crippen molar-refractivity contribution in [3.8, 4) is 0 Å². The number of carbonyl (C=O) groups is 1. The maximum absolute atomic E-state index is 11.0. The standard InChI is InChI=1S/C9H10N2O/c1-7(12)9(11-10)8-5-3-2-4-6-8/h2-6,9-10H,1H3. The summed E-state index contributed by atoms with van der Waals surface area (Å²) >= 11 is 0. The van der Waals surface area contributed by atoms with E-state index in [-0.39, 0.29) is 5.78 Å². The van der Waals surface area contributed by atoms with E-state index >= 15 is 0 Å². The summed E-state index contributed by atoms with van der Waals surface area (Å²) in [6.45, 7) is 1.44. The van der Waals surface area contributed by atoms with Gasteiger partial charge in [0.1, 0.15) is 0 Å². The van der Waals surface area contributed by atoms with E-state index in [1.165, 1.54) is 6.92 Å². The Hall–Kier alpha value is -1.51. The summed E-state index contributed by atoms with van der Waals surface area (Å²) in [5.74, 6) is -0.101. The fourth-order valence-electron chi connectivity index (χ4n) is 1.04. The first kappa shape index (κ1) is 8.59. The lowest BCUT2D eigenvalue weighted by molar-refractivity contribution is -0.118. The molecule has 0 aromatic heterocycles. The molecule has 0 saturated heterocycles. The van der Waals surface area contributed by atoms with Gasteiger partial charge in [0.15, 0.2) is 11.8 Å². The van der Waals surface area contributed by atoms with E-state index < -0.39 is 6.04 Å². The molecule has 0 saturated carbocycles. The lowest BCUT2D eigenvalue weighted by atomic mass is 10.1. The number of carbonyl (C=O) groups excluding carboxylic acids is 1. The van der Waals surface area contributed by atoms with Crippen LogP contribution in [0.2, 0.25) is 0 Å². The fourth-order valence-corrected chi connectivity index (χ4v) is 1.04. The van der Waals surface area contributed by atoms with Gasteiger partial charge in [-0.3, -0.25) is 4.79 Å². The van der Waals surface area contributed by atoms with Gasteiger partial charge in [0.2, 0.25) is 0 Å². The molecule has 0 radical (unpaired) electrons. The smallest absolute Gasteiger partial charge is 0.160 e. The van der Waals surface area contributed by atoms with Gasteiger partial charge in [-0.2, -0.15) is 5.11 Å². The molecule has 0 aliphatic rings. The van der Waals surface area contributed by atoms with Crippen molar-refractivity contribution >= 4 is 5.78 Å². The van der Waals surface area contributed by atoms with Crippen molar-refractivity contribution < 1.29 is 4.79 Å². The average Bonchev–Trinajstić information content (AvgIpc) is 2.07. The predicted octanol–water partition coefficient (Wildman–Crippen LogP) is 2.35. The van der Waals surface area contributed by atoms with Gasteiger partial charge in [-0.1, -0.05) is 30.3 Å². The summed E-state index contributed by atoms with van der Waals surface area (Å²) in [4.78, 5) is 11.0. The third kappa shape index (κ3) is 1.75. The first-order valence-electron chi connectivity index (χ1n) is 3.67. The third-order valence-corrected chi connectivity index (χ3v) is 1.63. The monoisotopic (exact) mass is 162 g/mol. The molecule has 0 heterocycles. The number of ketones is 1. The van der Waals surface area contributed by atoms with Crippen molar-refractivity contribution in [3.05, 3.63) is 35.9 Å². The van der Waals surface area contributed by atoms with Crippen LogP contribution < -0.4 is 0 Å². The van der Waals surface area contributed by atoms with Gasteiger partial charge in [0.25, 0.3) is 0 Å². The molecule has 0 amide bonds. The highest BCUT2D eigenvalue weighted by molar-refractivity contribution is 5.82. The predicted molar refractivity (Wildman–Crippen MR) is 45.0 cm³/mol. The quantitative estimate of drug-likeness (QED) is 0.681. The molecule has 12 heavy (non-hydrogen) atoms. The largest absolute Gasteiger partial charge is 0.297 e. The van der Waals surface area contributed by atoms with E-state index in [0.29, 0.717) is 0 Å². The molecule has 3 heteroatoms. The van der Waals surface area contributed by atoms with Gasteiger partial charge in [0, 0.05) is 0 Å². The minimum Gasteiger partial charge on any atom is -0.297 e. The van der Waals surface area contributed by atoms with Gasteiger partial charge in [-0.25, -0.2) is 5.53 Å². The van der Waals surface area contributed by atoms with Gasteiger partial charge < -0.3 is 0 Å². The maximum Gasteiger partial charge on any atom is 0.160 e. The fraction of sp³-hybridized carbons (Fsp3) is 0.222. The Bertz CT molecular complexity index is 282. The highest BCUT2D eigenvalue weighted by Crippen LogP contribution is 2.16. The molecule has 1 atom stereocenters. The number of hydrogen-bond donors (Lipinski definition) is 1. The first-order chi connectivity index (χ1) is 5.75. The van der Waals surface area contributed by atoms with Crippen molar-refractivity contribution in [2.24, 2.45) is 5.11 Å². The van der Waals surface area contributed by atoms with E-state index in [0.717, 1.165) is 5.56 Å². The van der Waals surface area contributed by atoms with Gasteiger partial charge in [-0.15, -0.1) is 0 Å². The molecule has 1 rings (SSSR count). The molecule has 62 valence electrons. The molecular weight excluding hydrogens is 152 g/mol. The highest BCUT2D eigenvalue weighted by Gasteiger charge is 2.13. The molecule has 3 nitrogen and oxygen atoms in total. The summed E-state index contributed by atoms with van der Waals surface area (Å²) < 4.78 is 0. The summed E-state index contributed by atoms with van der Waals surface area (Å²) in [6.07, 6.45) is 0. The number of Topliss-reactive ketones (excluding diaryl/α,β-unsaturated/α-hetero) is 1. The number of nitrogens with one attached hydrogen (secondary N) is 1. The Labute approximate surface area is 70.9 Å². The minimum absolute atomic E-state index is 0.101. The molecule has 0 aliphatic heterocycles. The number of hydrogen-bond acceptors (Lipinski definition) is 3. The molecule has 0 aliphatic carbocycles. The Kier molecular flexibility index (Phi) is 2.69. The second-order valence-corrected chi connectivity index (χ2v) is 2.55. The van der Waals surface area contributed by atoms with Crippen LogP contribution in [0.25, 0.3) is 0 Å². The molecule has 1 aromatic carbocycles. The minimum atomic E-state index is -0.619. The third-order valence-electron chi connectivity index (χ3n) is 1.63. The second-order valence-electron chi connectivity index (χ2n) is 2.55. The molecule has 1 aromatic rings. The van der Waals surface area contributed by atoms with Crippen LogP contribution in [0, 0.1) is 5.53 Å². The Balaban J connectivity index is 2.95. The van der Waals surface area contributed by atoms with Crippen LogP contribution in [0.3, 0.4) is 0 Å². The second kappa shape index (κ2) is 3.76. The normalized spacial score (nSPS) is 12.1. The molecule has 1 unspecified atom stereocenters. The highest BCUT2D eigenvalue weighted by atomic mass is 16.1. The molecule has 1 N–H and O–H groups in total. The van der Waals surface area contributed by atoms with E-state index in [4.69, 9.17) is 5.53 Å². The van der Waals surface area contributed by atoms with Crippen molar-refractivity contribution in [2.45, 2.75) is 13.0 Å². The van der Waals surface area contributed by atoms with E-state index in [9.17, 15) is 4.79 Å². The zero-order chi connectivity index (χ0) is 8.97. The first-order valence-corrected chi connectivity index (χ1v) is 3.67. The van der Waals surface area contributed by atoms with Crippen LogP contribution in [0.4, 0.5) is 0 Å². The summed E-state index contributed by atoms with van der Waals surface area (Å²) in [5, 5.41) is 3.26. The average molecular weight is 162 g/mol. The summed E-state index contributed by atoms with van der Waals surface area (Å²) in [6, 6.07) is 8.50. The number of rotatable bonds is 3.